The van der Waals surface area contributed by atoms with Gasteiger partial charge in [0.05, 0.1) is 17.6 Å². The molecule has 1 heterocycles. The van der Waals surface area contributed by atoms with Crippen molar-refractivity contribution in [2.45, 2.75) is 20.4 Å². The lowest BCUT2D eigenvalue weighted by molar-refractivity contribution is 0.705. The highest BCUT2D eigenvalue weighted by Crippen LogP contribution is 2.08. The lowest BCUT2D eigenvalue weighted by atomic mass is 10.2. The molecule has 0 atom stereocenters. The molecule has 4 nitrogen and oxygen atoms in total. The van der Waals surface area contributed by atoms with Gasteiger partial charge in [0.2, 0.25) is 0 Å². The van der Waals surface area contributed by atoms with Crippen LogP contribution in [0.1, 0.15) is 18.2 Å². The maximum Gasteiger partial charge on any atom is 0.0969 e. The van der Waals surface area contributed by atoms with Crippen molar-refractivity contribution in [2.75, 3.05) is 6.54 Å². The first-order valence-corrected chi connectivity index (χ1v) is 5.48. The van der Waals surface area contributed by atoms with E-state index < -0.39 is 0 Å². The summed E-state index contributed by atoms with van der Waals surface area (Å²) in [6.45, 7) is 5.85. The molecular formula is C12H16N4. The Balaban J connectivity index is 2.18. The summed E-state index contributed by atoms with van der Waals surface area (Å²) in [4.78, 5) is 0. The Kier molecular flexibility index (Phi) is 3.31. The summed E-state index contributed by atoms with van der Waals surface area (Å²) >= 11 is 0. The van der Waals surface area contributed by atoms with Gasteiger partial charge in [-0.2, -0.15) is 0 Å². The molecule has 0 radical (unpaired) electrons. The third-order valence-corrected chi connectivity index (χ3v) is 2.36. The molecule has 1 aromatic carbocycles. The molecule has 0 fully saturated rings. The van der Waals surface area contributed by atoms with Crippen molar-refractivity contribution >= 4 is 0 Å². The van der Waals surface area contributed by atoms with Gasteiger partial charge >= 0.3 is 0 Å². The Bertz CT molecular complexity index is 462. The van der Waals surface area contributed by atoms with Crippen LogP contribution in [0.15, 0.2) is 30.5 Å². The number of hydrogen-bond acceptors (Lipinski definition) is 3. The molecule has 0 aliphatic rings. The average molecular weight is 216 g/mol. The molecule has 0 saturated heterocycles. The van der Waals surface area contributed by atoms with Crippen LogP contribution in [0.25, 0.3) is 5.69 Å². The maximum absolute atomic E-state index is 4.11. The summed E-state index contributed by atoms with van der Waals surface area (Å²) in [6.07, 6.45) is 1.96. The third-order valence-electron chi connectivity index (χ3n) is 2.36. The van der Waals surface area contributed by atoms with E-state index in [0.29, 0.717) is 0 Å². The minimum Gasteiger partial charge on any atom is -0.311 e. The van der Waals surface area contributed by atoms with Gasteiger partial charge in [-0.25, -0.2) is 4.68 Å². The normalized spacial score (nSPS) is 10.6. The standard InChI is InChI=1S/C12H16N4/c1-3-13-8-11-9-16(15-14-11)12-6-4-5-10(2)7-12/h4-7,9,13H,3,8H2,1-2H3. The first-order valence-electron chi connectivity index (χ1n) is 5.48. The summed E-state index contributed by atoms with van der Waals surface area (Å²) in [5, 5.41) is 11.4. The smallest absolute Gasteiger partial charge is 0.0969 e. The molecule has 1 N–H and O–H groups in total. The van der Waals surface area contributed by atoms with E-state index in [-0.39, 0.29) is 0 Å². The Morgan fingerprint density at radius 2 is 2.25 bits per heavy atom. The van der Waals surface area contributed by atoms with Crippen LogP contribution in [0.4, 0.5) is 0 Å². The summed E-state index contributed by atoms with van der Waals surface area (Å²) in [6, 6.07) is 8.21. The van der Waals surface area contributed by atoms with E-state index in [2.05, 4.69) is 41.6 Å². The van der Waals surface area contributed by atoms with Gasteiger partial charge in [-0.05, 0) is 31.2 Å². The summed E-state index contributed by atoms with van der Waals surface area (Å²) < 4.78 is 1.81. The number of aromatic nitrogens is 3. The molecule has 2 aromatic rings. The van der Waals surface area contributed by atoms with Crippen molar-refractivity contribution in [1.29, 1.82) is 0 Å². The molecule has 0 aliphatic heterocycles. The van der Waals surface area contributed by atoms with Crippen LogP contribution in [0.2, 0.25) is 0 Å². The predicted molar refractivity (Wildman–Crippen MR) is 63.5 cm³/mol. The van der Waals surface area contributed by atoms with Gasteiger partial charge in [0.25, 0.3) is 0 Å². The topological polar surface area (TPSA) is 42.7 Å². The fourth-order valence-electron chi connectivity index (χ4n) is 1.53. The van der Waals surface area contributed by atoms with E-state index in [1.807, 2.05) is 18.3 Å². The molecule has 0 spiro atoms. The Labute approximate surface area is 95.3 Å². The van der Waals surface area contributed by atoms with Crippen molar-refractivity contribution in [2.24, 2.45) is 0 Å². The van der Waals surface area contributed by atoms with Crippen LogP contribution >= 0.6 is 0 Å². The van der Waals surface area contributed by atoms with Crippen LogP contribution in [0.3, 0.4) is 0 Å². The molecule has 16 heavy (non-hydrogen) atoms. The highest BCUT2D eigenvalue weighted by Gasteiger charge is 2.01. The van der Waals surface area contributed by atoms with Crippen LogP contribution in [0, 0.1) is 6.92 Å². The zero-order valence-corrected chi connectivity index (χ0v) is 9.64. The Morgan fingerprint density at radius 3 is 3.00 bits per heavy atom. The van der Waals surface area contributed by atoms with Crippen molar-refractivity contribution in [3.8, 4) is 5.69 Å². The quantitative estimate of drug-likeness (QED) is 0.845. The number of rotatable bonds is 4. The van der Waals surface area contributed by atoms with Gasteiger partial charge in [-0.15, -0.1) is 5.10 Å². The Hall–Kier alpha value is -1.68. The second-order valence-corrected chi connectivity index (χ2v) is 3.77. The first kappa shape index (κ1) is 10.8. The molecule has 0 aliphatic carbocycles. The van der Waals surface area contributed by atoms with E-state index >= 15 is 0 Å². The minimum absolute atomic E-state index is 0.766. The number of nitrogens with one attached hydrogen (secondary N) is 1. The number of hydrogen-bond donors (Lipinski definition) is 1. The molecule has 0 unspecified atom stereocenters. The number of aryl methyl sites for hydroxylation is 1. The maximum atomic E-state index is 4.11. The largest absolute Gasteiger partial charge is 0.311 e. The van der Waals surface area contributed by atoms with E-state index in [9.17, 15) is 0 Å². The molecule has 0 bridgehead atoms. The predicted octanol–water partition coefficient (Wildman–Crippen LogP) is 1.69. The number of nitrogens with zero attached hydrogens (tertiary/aromatic N) is 3. The molecule has 84 valence electrons. The first-order chi connectivity index (χ1) is 7.79. The van der Waals surface area contributed by atoms with Crippen LogP contribution < -0.4 is 5.32 Å². The van der Waals surface area contributed by atoms with Crippen molar-refractivity contribution < 1.29 is 0 Å². The average Bonchev–Trinajstić information content (AvgIpc) is 2.75. The van der Waals surface area contributed by atoms with Crippen LogP contribution in [-0.2, 0) is 6.54 Å². The molecule has 0 amide bonds. The molecule has 2 rings (SSSR count). The second kappa shape index (κ2) is 4.90. The van der Waals surface area contributed by atoms with Crippen molar-refractivity contribution in [3.05, 3.63) is 41.7 Å². The lowest BCUT2D eigenvalue weighted by Gasteiger charge is -2.00. The monoisotopic (exact) mass is 216 g/mol. The highest BCUT2D eigenvalue weighted by atomic mass is 15.4. The molecule has 0 saturated carbocycles. The second-order valence-electron chi connectivity index (χ2n) is 3.77. The van der Waals surface area contributed by atoms with Gasteiger partial charge < -0.3 is 5.32 Å². The van der Waals surface area contributed by atoms with Crippen LogP contribution in [0.5, 0.6) is 0 Å². The SMILES string of the molecule is CCNCc1cn(-c2cccc(C)c2)nn1. The lowest BCUT2D eigenvalue weighted by Crippen LogP contribution is -2.11. The van der Waals surface area contributed by atoms with E-state index in [1.165, 1.54) is 5.56 Å². The zero-order chi connectivity index (χ0) is 11.4. The zero-order valence-electron chi connectivity index (χ0n) is 9.64. The van der Waals surface area contributed by atoms with E-state index in [0.717, 1.165) is 24.5 Å². The number of benzene rings is 1. The van der Waals surface area contributed by atoms with Gasteiger partial charge in [0.1, 0.15) is 0 Å². The van der Waals surface area contributed by atoms with E-state index in [4.69, 9.17) is 0 Å². The van der Waals surface area contributed by atoms with Crippen molar-refractivity contribution in [3.63, 3.8) is 0 Å². The highest BCUT2D eigenvalue weighted by molar-refractivity contribution is 5.34. The van der Waals surface area contributed by atoms with Crippen LogP contribution in [-0.4, -0.2) is 21.5 Å². The third kappa shape index (κ3) is 2.46. The Morgan fingerprint density at radius 1 is 1.38 bits per heavy atom. The van der Waals surface area contributed by atoms with Gasteiger partial charge in [0.15, 0.2) is 0 Å². The fraction of sp³-hybridized carbons (Fsp3) is 0.333. The van der Waals surface area contributed by atoms with Gasteiger partial charge in [-0.1, -0.05) is 24.3 Å². The molecular weight excluding hydrogens is 200 g/mol. The summed E-state index contributed by atoms with van der Waals surface area (Å²) in [5.41, 5.74) is 3.24. The van der Waals surface area contributed by atoms with E-state index in [1.54, 1.807) is 4.68 Å². The molecule has 1 aromatic heterocycles. The molecule has 4 heteroatoms. The fourth-order valence-corrected chi connectivity index (χ4v) is 1.53. The van der Waals surface area contributed by atoms with Crippen molar-refractivity contribution in [1.82, 2.24) is 20.3 Å². The summed E-state index contributed by atoms with van der Waals surface area (Å²) in [7, 11) is 0. The van der Waals surface area contributed by atoms with Gasteiger partial charge in [0, 0.05) is 6.54 Å². The summed E-state index contributed by atoms with van der Waals surface area (Å²) in [5.74, 6) is 0. The van der Waals surface area contributed by atoms with Gasteiger partial charge in [-0.3, -0.25) is 0 Å². The minimum atomic E-state index is 0.766.